The fraction of sp³-hybridized carbons (Fsp3) is 0.130. The molecule has 0 saturated heterocycles. The van der Waals surface area contributed by atoms with Gasteiger partial charge < -0.3 is 10.6 Å². The molecule has 2 aromatic carbocycles. The summed E-state index contributed by atoms with van der Waals surface area (Å²) < 4.78 is 0. The summed E-state index contributed by atoms with van der Waals surface area (Å²) in [7, 11) is 0. The average Bonchev–Trinajstić information content (AvgIpc) is 3.28. The molecule has 0 aliphatic carbocycles. The van der Waals surface area contributed by atoms with Crippen LogP contribution in [0.1, 0.15) is 28.9 Å². The van der Waals surface area contributed by atoms with Gasteiger partial charge in [-0.2, -0.15) is 0 Å². The molecular weight excluding hydrogens is 428 g/mol. The minimum absolute atomic E-state index is 0.154. The Bertz CT molecular complexity index is 1210. The molecule has 0 unspecified atom stereocenters. The molecule has 156 valence electrons. The molecule has 0 aliphatic rings. The Labute approximate surface area is 188 Å². The van der Waals surface area contributed by atoms with E-state index in [1.54, 1.807) is 24.3 Å². The number of rotatable bonds is 7. The molecule has 0 bridgehead atoms. The van der Waals surface area contributed by atoms with Crippen LogP contribution >= 0.6 is 23.1 Å². The third-order valence-electron chi connectivity index (χ3n) is 4.66. The Morgan fingerprint density at radius 1 is 1.03 bits per heavy atom. The van der Waals surface area contributed by atoms with Crippen LogP contribution in [0.4, 0.5) is 5.69 Å². The predicted octanol–water partition coefficient (Wildman–Crippen LogP) is 4.91. The van der Waals surface area contributed by atoms with Gasteiger partial charge in [0.15, 0.2) is 0 Å². The standard InChI is InChI=1S/C23H20N4O2S2/c1-15(16-7-3-2-4-8-16)26-21(29)17-9-5-6-10-19(17)27-20(28)13-31-23-18-11-12-30-22(18)24-14-25-23/h2-12,14-15H,13H2,1H3,(H,26,29)(H,27,28)/t15-/m0/s1. The highest BCUT2D eigenvalue weighted by Gasteiger charge is 2.16. The predicted molar refractivity (Wildman–Crippen MR) is 126 cm³/mol. The number of nitrogens with zero attached hydrogens (tertiary/aromatic N) is 2. The van der Waals surface area contributed by atoms with Crippen molar-refractivity contribution in [1.29, 1.82) is 0 Å². The largest absolute Gasteiger partial charge is 0.345 e. The molecule has 0 radical (unpaired) electrons. The fourth-order valence-corrected chi connectivity index (χ4v) is 4.67. The first kappa shape index (κ1) is 21.0. The highest BCUT2D eigenvalue weighted by Crippen LogP contribution is 2.28. The normalized spacial score (nSPS) is 11.8. The van der Waals surface area contributed by atoms with Crippen LogP contribution in [0.2, 0.25) is 0 Å². The summed E-state index contributed by atoms with van der Waals surface area (Å²) in [4.78, 5) is 34.8. The summed E-state index contributed by atoms with van der Waals surface area (Å²) in [6.07, 6.45) is 1.51. The van der Waals surface area contributed by atoms with Gasteiger partial charge in [-0.1, -0.05) is 54.2 Å². The number of amides is 2. The van der Waals surface area contributed by atoms with Crippen LogP contribution in [-0.4, -0.2) is 27.5 Å². The number of hydrogen-bond donors (Lipinski definition) is 2. The third kappa shape index (κ3) is 5.10. The van der Waals surface area contributed by atoms with Crippen molar-refractivity contribution in [1.82, 2.24) is 15.3 Å². The van der Waals surface area contributed by atoms with Gasteiger partial charge in [-0.15, -0.1) is 11.3 Å². The molecule has 31 heavy (non-hydrogen) atoms. The summed E-state index contributed by atoms with van der Waals surface area (Å²) in [5, 5.41) is 9.51. The molecule has 0 saturated carbocycles. The van der Waals surface area contributed by atoms with Gasteiger partial charge in [-0.3, -0.25) is 9.59 Å². The molecule has 0 fully saturated rings. The van der Waals surface area contributed by atoms with E-state index in [1.807, 2.05) is 48.7 Å². The van der Waals surface area contributed by atoms with E-state index >= 15 is 0 Å². The maximum absolute atomic E-state index is 12.8. The number of fused-ring (bicyclic) bond motifs is 1. The second-order valence-corrected chi connectivity index (χ2v) is 8.67. The molecule has 2 heterocycles. The first-order chi connectivity index (χ1) is 15.1. The molecule has 1 atom stereocenters. The lowest BCUT2D eigenvalue weighted by molar-refractivity contribution is -0.113. The van der Waals surface area contributed by atoms with Crippen molar-refractivity contribution in [2.24, 2.45) is 0 Å². The Morgan fingerprint density at radius 3 is 2.65 bits per heavy atom. The molecule has 0 spiro atoms. The quantitative estimate of drug-likeness (QED) is 0.310. The van der Waals surface area contributed by atoms with Crippen molar-refractivity contribution in [3.05, 3.63) is 83.5 Å². The van der Waals surface area contributed by atoms with Gasteiger partial charge in [0, 0.05) is 5.39 Å². The van der Waals surface area contributed by atoms with Gasteiger partial charge >= 0.3 is 0 Å². The van der Waals surface area contributed by atoms with Gasteiger partial charge in [-0.05, 0) is 36.1 Å². The molecule has 2 N–H and O–H groups in total. The topological polar surface area (TPSA) is 84.0 Å². The Balaban J connectivity index is 1.41. The van der Waals surface area contributed by atoms with E-state index in [-0.39, 0.29) is 23.6 Å². The maximum Gasteiger partial charge on any atom is 0.253 e. The van der Waals surface area contributed by atoms with E-state index in [2.05, 4.69) is 20.6 Å². The van der Waals surface area contributed by atoms with Crippen molar-refractivity contribution in [3.8, 4) is 0 Å². The van der Waals surface area contributed by atoms with Crippen molar-refractivity contribution in [2.45, 2.75) is 18.0 Å². The van der Waals surface area contributed by atoms with E-state index < -0.39 is 0 Å². The molecule has 2 aromatic heterocycles. The monoisotopic (exact) mass is 448 g/mol. The van der Waals surface area contributed by atoms with Crippen molar-refractivity contribution in [2.75, 3.05) is 11.1 Å². The number of para-hydroxylation sites is 1. The third-order valence-corrected chi connectivity index (χ3v) is 6.48. The van der Waals surface area contributed by atoms with E-state index in [0.717, 1.165) is 20.8 Å². The Kier molecular flexibility index (Phi) is 6.59. The fourth-order valence-electron chi connectivity index (χ4n) is 3.09. The zero-order chi connectivity index (χ0) is 21.6. The summed E-state index contributed by atoms with van der Waals surface area (Å²) in [5.74, 6) is -0.266. The number of hydrogen-bond acceptors (Lipinski definition) is 6. The van der Waals surface area contributed by atoms with Gasteiger partial charge in [-0.25, -0.2) is 9.97 Å². The lowest BCUT2D eigenvalue weighted by atomic mass is 10.1. The van der Waals surface area contributed by atoms with Gasteiger partial charge in [0.05, 0.1) is 23.0 Å². The van der Waals surface area contributed by atoms with Gasteiger partial charge in [0.1, 0.15) is 16.2 Å². The number of carbonyl (C=O) groups excluding carboxylic acids is 2. The highest BCUT2D eigenvalue weighted by atomic mass is 32.2. The van der Waals surface area contributed by atoms with Gasteiger partial charge in [0.2, 0.25) is 5.91 Å². The molecule has 4 aromatic rings. The maximum atomic E-state index is 12.8. The van der Waals surface area contributed by atoms with Crippen molar-refractivity contribution in [3.63, 3.8) is 0 Å². The summed E-state index contributed by atoms with van der Waals surface area (Å²) >= 11 is 2.88. The first-order valence-electron chi connectivity index (χ1n) is 9.67. The van der Waals surface area contributed by atoms with Crippen molar-refractivity contribution >= 4 is 50.8 Å². The minimum Gasteiger partial charge on any atom is -0.345 e. The number of aromatic nitrogens is 2. The number of carbonyl (C=O) groups is 2. The molecule has 6 nitrogen and oxygen atoms in total. The highest BCUT2D eigenvalue weighted by molar-refractivity contribution is 8.00. The summed E-state index contributed by atoms with van der Waals surface area (Å²) in [6.45, 7) is 1.93. The van der Waals surface area contributed by atoms with Crippen LogP contribution in [0, 0.1) is 0 Å². The lowest BCUT2D eigenvalue weighted by Gasteiger charge is -2.16. The first-order valence-corrected chi connectivity index (χ1v) is 11.5. The van der Waals surface area contributed by atoms with Crippen LogP contribution < -0.4 is 10.6 Å². The molecule has 4 rings (SSSR count). The SMILES string of the molecule is C[C@H](NC(=O)c1ccccc1NC(=O)CSc1ncnc2sccc12)c1ccccc1. The smallest absolute Gasteiger partial charge is 0.253 e. The Hall–Kier alpha value is -3.23. The van der Waals surface area contributed by atoms with E-state index in [0.29, 0.717) is 11.3 Å². The lowest BCUT2D eigenvalue weighted by Crippen LogP contribution is -2.28. The van der Waals surface area contributed by atoms with E-state index in [4.69, 9.17) is 0 Å². The number of anilines is 1. The number of nitrogens with one attached hydrogen (secondary N) is 2. The molecule has 2 amide bonds. The molecule has 0 aliphatic heterocycles. The summed E-state index contributed by atoms with van der Waals surface area (Å²) in [6, 6.07) is 18.5. The van der Waals surface area contributed by atoms with Crippen molar-refractivity contribution < 1.29 is 9.59 Å². The number of thiophene rings is 1. The van der Waals surface area contributed by atoms with Crippen LogP contribution in [-0.2, 0) is 4.79 Å². The van der Waals surface area contributed by atoms with E-state index in [1.165, 1.54) is 29.4 Å². The van der Waals surface area contributed by atoms with E-state index in [9.17, 15) is 9.59 Å². The Morgan fingerprint density at radius 2 is 1.81 bits per heavy atom. The van der Waals surface area contributed by atoms with Crippen LogP contribution in [0.5, 0.6) is 0 Å². The van der Waals surface area contributed by atoms with Crippen LogP contribution in [0.15, 0.2) is 77.4 Å². The van der Waals surface area contributed by atoms with Crippen LogP contribution in [0.25, 0.3) is 10.2 Å². The minimum atomic E-state index is -0.240. The average molecular weight is 449 g/mol. The second-order valence-electron chi connectivity index (χ2n) is 6.81. The van der Waals surface area contributed by atoms with Gasteiger partial charge in [0.25, 0.3) is 5.91 Å². The zero-order valence-corrected chi connectivity index (χ0v) is 18.4. The molecular formula is C23H20N4O2S2. The second kappa shape index (κ2) is 9.72. The number of benzene rings is 2. The zero-order valence-electron chi connectivity index (χ0n) is 16.7. The number of thioether (sulfide) groups is 1. The summed E-state index contributed by atoms with van der Waals surface area (Å²) in [5.41, 5.74) is 1.92. The molecule has 8 heteroatoms. The van der Waals surface area contributed by atoms with Crippen LogP contribution in [0.3, 0.4) is 0 Å².